The van der Waals surface area contributed by atoms with Crippen molar-refractivity contribution in [1.29, 1.82) is 0 Å². The molecule has 0 spiro atoms. The van der Waals surface area contributed by atoms with E-state index in [-0.39, 0.29) is 16.4 Å². The molecule has 0 saturated heterocycles. The van der Waals surface area contributed by atoms with Crippen LogP contribution in [-0.4, -0.2) is 36.7 Å². The van der Waals surface area contributed by atoms with E-state index in [9.17, 15) is 13.2 Å². The van der Waals surface area contributed by atoms with Crippen molar-refractivity contribution in [2.24, 2.45) is 0 Å². The largest absolute Gasteiger partial charge is 0.465 e. The molecule has 0 unspecified atom stereocenters. The third-order valence-electron chi connectivity index (χ3n) is 2.18. The molecule has 0 fully saturated rings. The van der Waals surface area contributed by atoms with Crippen LogP contribution in [0.5, 0.6) is 0 Å². The third-order valence-corrected chi connectivity index (χ3v) is 3.51. The maximum atomic E-state index is 12.1. The number of carbonyl (C=O) groups excluding carboxylic acids is 1. The Bertz CT molecular complexity index is 681. The van der Waals surface area contributed by atoms with E-state index in [0.29, 0.717) is 0 Å². The van der Waals surface area contributed by atoms with Gasteiger partial charge in [-0.2, -0.15) is 13.5 Å². The normalized spacial score (nSPS) is 11.0. The number of esters is 1. The number of carbonyl (C=O) groups is 1. The SMILES string of the molecule is COC(=O)c1cn[nH]c1S(=O)(=O)Nc1ccccn1. The van der Waals surface area contributed by atoms with Crippen molar-refractivity contribution in [2.45, 2.75) is 5.03 Å². The minimum Gasteiger partial charge on any atom is -0.465 e. The second kappa shape index (κ2) is 5.06. The first-order chi connectivity index (χ1) is 9.04. The molecule has 0 bridgehead atoms. The number of hydrogen-bond donors (Lipinski definition) is 2. The Balaban J connectivity index is 2.36. The lowest BCUT2D eigenvalue weighted by molar-refractivity contribution is 0.0596. The third kappa shape index (κ3) is 2.71. The van der Waals surface area contributed by atoms with Gasteiger partial charge in [0.25, 0.3) is 10.0 Å². The molecule has 0 aromatic carbocycles. The molecule has 100 valence electrons. The van der Waals surface area contributed by atoms with Crippen LogP contribution in [-0.2, 0) is 14.8 Å². The number of aromatic nitrogens is 3. The van der Waals surface area contributed by atoms with Gasteiger partial charge in [-0.05, 0) is 12.1 Å². The lowest BCUT2D eigenvalue weighted by Gasteiger charge is -2.06. The Morgan fingerprint density at radius 2 is 2.21 bits per heavy atom. The Morgan fingerprint density at radius 3 is 2.84 bits per heavy atom. The van der Waals surface area contributed by atoms with Crippen LogP contribution in [0.2, 0.25) is 0 Å². The maximum Gasteiger partial charge on any atom is 0.342 e. The molecule has 2 aromatic rings. The zero-order chi connectivity index (χ0) is 13.9. The Labute approximate surface area is 108 Å². The predicted molar refractivity (Wildman–Crippen MR) is 65.0 cm³/mol. The Hall–Kier alpha value is -2.42. The number of pyridine rings is 1. The molecule has 0 aliphatic carbocycles. The Morgan fingerprint density at radius 1 is 1.42 bits per heavy atom. The number of rotatable bonds is 4. The smallest absolute Gasteiger partial charge is 0.342 e. The van der Waals surface area contributed by atoms with Gasteiger partial charge in [-0.15, -0.1) is 0 Å². The van der Waals surface area contributed by atoms with Gasteiger partial charge in [0.2, 0.25) is 0 Å². The topological polar surface area (TPSA) is 114 Å². The minimum absolute atomic E-state index is 0.132. The number of hydrogen-bond acceptors (Lipinski definition) is 6. The van der Waals surface area contributed by atoms with Crippen molar-refractivity contribution in [3.63, 3.8) is 0 Å². The molecule has 9 heteroatoms. The molecule has 0 atom stereocenters. The molecule has 2 aromatic heterocycles. The highest BCUT2D eigenvalue weighted by molar-refractivity contribution is 7.92. The molecular formula is C10H10N4O4S. The molecule has 0 radical (unpaired) electrons. The summed E-state index contributed by atoms with van der Waals surface area (Å²) in [6.45, 7) is 0. The number of aromatic amines is 1. The lowest BCUT2D eigenvalue weighted by Crippen LogP contribution is -2.17. The first-order valence-corrected chi connectivity index (χ1v) is 6.58. The number of nitrogens with one attached hydrogen (secondary N) is 2. The molecule has 19 heavy (non-hydrogen) atoms. The molecule has 0 aliphatic heterocycles. The summed E-state index contributed by atoms with van der Waals surface area (Å²) in [5, 5.41) is 5.42. The number of H-pyrrole nitrogens is 1. The molecular weight excluding hydrogens is 272 g/mol. The number of anilines is 1. The average molecular weight is 282 g/mol. The zero-order valence-corrected chi connectivity index (χ0v) is 10.6. The van der Waals surface area contributed by atoms with E-state index in [0.717, 1.165) is 13.3 Å². The molecule has 0 aliphatic rings. The first-order valence-electron chi connectivity index (χ1n) is 5.10. The van der Waals surface area contributed by atoms with Crippen molar-refractivity contribution >= 4 is 21.8 Å². The van der Waals surface area contributed by atoms with Crippen LogP contribution in [0.1, 0.15) is 10.4 Å². The second-order valence-electron chi connectivity index (χ2n) is 3.42. The van der Waals surface area contributed by atoms with Crippen molar-refractivity contribution < 1.29 is 17.9 Å². The standard InChI is InChI=1S/C10H10N4O4S/c1-18-10(15)7-6-12-13-9(7)19(16,17)14-8-4-2-3-5-11-8/h2-6H,1H3,(H,11,14)(H,12,13). The fourth-order valence-corrected chi connectivity index (χ4v) is 2.44. The van der Waals surface area contributed by atoms with Gasteiger partial charge in [0.1, 0.15) is 11.4 Å². The van der Waals surface area contributed by atoms with Crippen LogP contribution < -0.4 is 4.72 Å². The highest BCUT2D eigenvalue weighted by atomic mass is 32.2. The average Bonchev–Trinajstić information content (AvgIpc) is 2.88. The summed E-state index contributed by atoms with van der Waals surface area (Å²) in [7, 11) is -2.84. The van der Waals surface area contributed by atoms with Crippen LogP contribution in [0.15, 0.2) is 35.6 Å². The van der Waals surface area contributed by atoms with Gasteiger partial charge in [-0.3, -0.25) is 9.82 Å². The van der Waals surface area contributed by atoms with Gasteiger partial charge >= 0.3 is 5.97 Å². The lowest BCUT2D eigenvalue weighted by atomic mass is 10.4. The van der Waals surface area contributed by atoms with Crippen molar-refractivity contribution in [3.8, 4) is 0 Å². The van der Waals surface area contributed by atoms with Crippen LogP contribution in [0.4, 0.5) is 5.82 Å². The predicted octanol–water partition coefficient (Wildman–Crippen LogP) is 0.392. The van der Waals surface area contributed by atoms with E-state index < -0.39 is 16.0 Å². The van der Waals surface area contributed by atoms with E-state index in [4.69, 9.17) is 0 Å². The van der Waals surface area contributed by atoms with Crippen molar-refractivity contribution in [1.82, 2.24) is 15.2 Å². The summed E-state index contributed by atoms with van der Waals surface area (Å²) in [6, 6.07) is 4.75. The summed E-state index contributed by atoms with van der Waals surface area (Å²) in [5.74, 6) is -0.664. The highest BCUT2D eigenvalue weighted by Gasteiger charge is 2.25. The van der Waals surface area contributed by atoms with Crippen LogP contribution in [0.3, 0.4) is 0 Å². The number of sulfonamides is 1. The molecule has 0 amide bonds. The van der Waals surface area contributed by atoms with E-state index in [1.807, 2.05) is 0 Å². The monoisotopic (exact) mass is 282 g/mol. The number of ether oxygens (including phenoxy) is 1. The van der Waals surface area contributed by atoms with Gasteiger partial charge in [0.15, 0.2) is 5.03 Å². The summed E-state index contributed by atoms with van der Waals surface area (Å²) < 4.78 is 30.8. The zero-order valence-electron chi connectivity index (χ0n) is 9.82. The first kappa shape index (κ1) is 13.0. The number of methoxy groups -OCH3 is 1. The van der Waals surface area contributed by atoms with Gasteiger partial charge in [-0.25, -0.2) is 9.78 Å². The fraction of sp³-hybridized carbons (Fsp3) is 0.100. The minimum atomic E-state index is -3.99. The van der Waals surface area contributed by atoms with Crippen molar-refractivity contribution in [3.05, 3.63) is 36.2 Å². The summed E-state index contributed by atoms with van der Waals surface area (Å²) in [5.41, 5.74) is -0.175. The highest BCUT2D eigenvalue weighted by Crippen LogP contribution is 2.16. The molecule has 2 heterocycles. The molecule has 2 N–H and O–H groups in total. The molecule has 8 nitrogen and oxygen atoms in total. The molecule has 0 saturated carbocycles. The van der Waals surface area contributed by atoms with Crippen molar-refractivity contribution in [2.75, 3.05) is 11.8 Å². The van der Waals surface area contributed by atoms with Gasteiger partial charge in [0.05, 0.1) is 13.3 Å². The van der Waals surface area contributed by atoms with Crippen LogP contribution in [0, 0.1) is 0 Å². The molecule has 2 rings (SSSR count). The van der Waals surface area contributed by atoms with E-state index in [1.54, 1.807) is 12.1 Å². The second-order valence-corrected chi connectivity index (χ2v) is 5.04. The summed E-state index contributed by atoms with van der Waals surface area (Å²) in [4.78, 5) is 15.2. The van der Waals surface area contributed by atoms with E-state index >= 15 is 0 Å². The number of nitrogens with zero attached hydrogens (tertiary/aromatic N) is 2. The summed E-state index contributed by atoms with van der Waals surface area (Å²) >= 11 is 0. The van der Waals surface area contributed by atoms with E-state index in [2.05, 4.69) is 24.6 Å². The van der Waals surface area contributed by atoms with Gasteiger partial charge in [0, 0.05) is 6.20 Å². The van der Waals surface area contributed by atoms with Gasteiger partial charge in [-0.1, -0.05) is 6.07 Å². The van der Waals surface area contributed by atoms with Crippen LogP contribution >= 0.6 is 0 Å². The van der Waals surface area contributed by atoms with Crippen LogP contribution in [0.25, 0.3) is 0 Å². The van der Waals surface area contributed by atoms with Gasteiger partial charge < -0.3 is 4.74 Å². The fourth-order valence-electron chi connectivity index (χ4n) is 1.35. The van der Waals surface area contributed by atoms with E-state index in [1.165, 1.54) is 12.3 Å². The Kier molecular flexibility index (Phi) is 3.47. The maximum absolute atomic E-state index is 12.1. The summed E-state index contributed by atoms with van der Waals surface area (Å²) in [6.07, 6.45) is 2.52. The quantitative estimate of drug-likeness (QED) is 0.784.